The lowest BCUT2D eigenvalue weighted by Gasteiger charge is -2.06. The van der Waals surface area contributed by atoms with Gasteiger partial charge in [0.25, 0.3) is 0 Å². The van der Waals surface area contributed by atoms with Gasteiger partial charge in [-0.1, -0.05) is 11.6 Å². The number of anilines is 1. The molecule has 1 aromatic heterocycles. The normalized spacial score (nSPS) is 11.4. The topological polar surface area (TPSA) is 139 Å². The average molecular weight is 505 g/mol. The number of carbonyl (C=O) groups is 2. The zero-order valence-corrected chi connectivity index (χ0v) is 19.5. The van der Waals surface area contributed by atoms with E-state index in [4.69, 9.17) is 20.8 Å². The van der Waals surface area contributed by atoms with Gasteiger partial charge in [-0.2, -0.15) is 5.10 Å². The highest BCUT2D eigenvalue weighted by atomic mass is 35.5. The molecule has 1 heterocycles. The molecule has 3 N–H and O–H groups in total. The second-order valence-corrected chi connectivity index (χ2v) is 8.90. The molecule has 0 spiro atoms. The van der Waals surface area contributed by atoms with Crippen molar-refractivity contribution in [3.8, 4) is 5.75 Å². The minimum Gasteiger partial charge on any atom is -0.494 e. The number of ether oxygens (including phenoxy) is 1. The van der Waals surface area contributed by atoms with Gasteiger partial charge < -0.3 is 14.5 Å². The van der Waals surface area contributed by atoms with Crippen LogP contribution in [-0.2, 0) is 26.2 Å². The molecular formula is C22H21ClN4O6S. The van der Waals surface area contributed by atoms with E-state index in [0.717, 1.165) is 0 Å². The number of hydrogen-bond donors (Lipinski definition) is 3. The first-order valence-corrected chi connectivity index (χ1v) is 11.8. The van der Waals surface area contributed by atoms with Gasteiger partial charge in [0.05, 0.1) is 24.3 Å². The van der Waals surface area contributed by atoms with Crippen LogP contribution in [0.5, 0.6) is 5.75 Å². The van der Waals surface area contributed by atoms with Crippen molar-refractivity contribution < 1.29 is 27.2 Å². The Morgan fingerprint density at radius 2 is 1.74 bits per heavy atom. The summed E-state index contributed by atoms with van der Waals surface area (Å²) in [6, 6.07) is 15.3. The molecule has 0 atom stereocenters. The Kier molecular flexibility index (Phi) is 8.41. The number of hydrazone groups is 1. The smallest absolute Gasteiger partial charge is 0.329 e. The maximum absolute atomic E-state index is 12.3. The third kappa shape index (κ3) is 7.17. The maximum Gasteiger partial charge on any atom is 0.329 e. The summed E-state index contributed by atoms with van der Waals surface area (Å²) >= 11 is 5.77. The highest BCUT2D eigenvalue weighted by Gasteiger charge is 2.15. The number of benzene rings is 2. The number of sulfonamides is 1. The van der Waals surface area contributed by atoms with Crippen molar-refractivity contribution in [2.75, 3.05) is 11.9 Å². The van der Waals surface area contributed by atoms with E-state index in [2.05, 4.69) is 20.6 Å². The predicted octanol–water partition coefficient (Wildman–Crippen LogP) is 2.90. The van der Waals surface area contributed by atoms with Gasteiger partial charge >= 0.3 is 11.8 Å². The minimum absolute atomic E-state index is 0.0662. The summed E-state index contributed by atoms with van der Waals surface area (Å²) in [4.78, 5) is 23.9. The molecule has 178 valence electrons. The van der Waals surface area contributed by atoms with E-state index in [1.54, 1.807) is 30.3 Å². The molecule has 12 heteroatoms. The van der Waals surface area contributed by atoms with Crippen molar-refractivity contribution >= 4 is 45.3 Å². The fourth-order valence-electron chi connectivity index (χ4n) is 2.62. The standard InChI is InChI=1S/C22H21ClN4O6S/c1-2-32-17-7-5-16(6-8-17)26-21(28)22(29)27-24-13-18-9-10-19(33-18)14-25-34(30,31)20-11-3-15(23)4-12-20/h3-13,25H,2,14H2,1H3,(H,26,28)(H,27,29)/b24-13+. The number of halogens is 1. The van der Waals surface area contributed by atoms with Gasteiger partial charge in [0.2, 0.25) is 10.0 Å². The SMILES string of the molecule is CCOc1ccc(NC(=O)C(=O)N/N=C/c2ccc(CNS(=O)(=O)c3ccc(Cl)cc3)o2)cc1. The highest BCUT2D eigenvalue weighted by Crippen LogP contribution is 2.16. The largest absolute Gasteiger partial charge is 0.494 e. The fraction of sp³-hybridized carbons (Fsp3) is 0.136. The molecule has 0 aliphatic carbocycles. The molecule has 0 aliphatic heterocycles. The van der Waals surface area contributed by atoms with Crippen LogP contribution in [0.3, 0.4) is 0 Å². The maximum atomic E-state index is 12.3. The molecule has 2 amide bonds. The van der Waals surface area contributed by atoms with Crippen LogP contribution in [-0.4, -0.2) is 33.1 Å². The summed E-state index contributed by atoms with van der Waals surface area (Å²) in [5, 5.41) is 6.53. The number of nitrogens with one attached hydrogen (secondary N) is 3. The van der Waals surface area contributed by atoms with Crippen LogP contribution in [0.4, 0.5) is 5.69 Å². The molecule has 3 aromatic rings. The van der Waals surface area contributed by atoms with Crippen molar-refractivity contribution in [2.24, 2.45) is 5.10 Å². The van der Waals surface area contributed by atoms with E-state index in [1.165, 1.54) is 36.5 Å². The molecule has 2 aromatic carbocycles. The minimum atomic E-state index is -3.75. The van der Waals surface area contributed by atoms with Crippen LogP contribution in [0.1, 0.15) is 18.4 Å². The summed E-state index contributed by atoms with van der Waals surface area (Å²) in [6.07, 6.45) is 1.18. The predicted molar refractivity (Wildman–Crippen MR) is 126 cm³/mol. The monoisotopic (exact) mass is 504 g/mol. The van der Waals surface area contributed by atoms with Crippen molar-refractivity contribution in [1.82, 2.24) is 10.1 Å². The average Bonchev–Trinajstić information content (AvgIpc) is 3.27. The first kappa shape index (κ1) is 25.0. The fourth-order valence-corrected chi connectivity index (χ4v) is 3.74. The van der Waals surface area contributed by atoms with Gasteiger partial charge in [0.15, 0.2) is 0 Å². The molecule has 3 rings (SSSR count). The van der Waals surface area contributed by atoms with Crippen LogP contribution < -0.4 is 20.2 Å². The van der Waals surface area contributed by atoms with E-state index in [-0.39, 0.29) is 17.2 Å². The molecule has 0 saturated heterocycles. The second-order valence-electron chi connectivity index (χ2n) is 6.69. The van der Waals surface area contributed by atoms with Gasteiger partial charge in [0, 0.05) is 10.7 Å². The highest BCUT2D eigenvalue weighted by molar-refractivity contribution is 7.89. The Balaban J connectivity index is 1.48. The van der Waals surface area contributed by atoms with Crippen LogP contribution in [0.2, 0.25) is 5.02 Å². The summed E-state index contributed by atoms with van der Waals surface area (Å²) in [6.45, 7) is 2.27. The Bertz CT molecular complexity index is 1270. The molecule has 0 saturated carbocycles. The zero-order chi connectivity index (χ0) is 24.6. The number of amides is 2. The summed E-state index contributed by atoms with van der Waals surface area (Å²) < 4.78 is 37.8. The Morgan fingerprint density at radius 3 is 2.41 bits per heavy atom. The van der Waals surface area contributed by atoms with Gasteiger partial charge in [-0.25, -0.2) is 18.6 Å². The van der Waals surface area contributed by atoms with Crippen LogP contribution in [0, 0.1) is 0 Å². The third-order valence-electron chi connectivity index (χ3n) is 4.23. The van der Waals surface area contributed by atoms with E-state index >= 15 is 0 Å². The van der Waals surface area contributed by atoms with Gasteiger partial charge in [0.1, 0.15) is 17.3 Å². The first-order chi connectivity index (χ1) is 16.3. The summed E-state index contributed by atoms with van der Waals surface area (Å²) in [7, 11) is -3.75. The molecular weight excluding hydrogens is 484 g/mol. The quantitative estimate of drug-likeness (QED) is 0.232. The number of hydrogen-bond acceptors (Lipinski definition) is 7. The summed E-state index contributed by atoms with van der Waals surface area (Å²) in [5.74, 6) is -0.678. The summed E-state index contributed by atoms with van der Waals surface area (Å²) in [5.41, 5.74) is 2.51. The lowest BCUT2D eigenvalue weighted by atomic mass is 10.3. The van der Waals surface area contributed by atoms with Crippen LogP contribution >= 0.6 is 11.6 Å². The molecule has 0 radical (unpaired) electrons. The molecule has 34 heavy (non-hydrogen) atoms. The molecule has 0 fully saturated rings. The van der Waals surface area contributed by atoms with Crippen molar-refractivity contribution in [1.29, 1.82) is 0 Å². The van der Waals surface area contributed by atoms with E-state index in [0.29, 0.717) is 28.8 Å². The number of nitrogens with zero attached hydrogens (tertiary/aromatic N) is 1. The van der Waals surface area contributed by atoms with Crippen molar-refractivity contribution in [3.05, 3.63) is 77.2 Å². The third-order valence-corrected chi connectivity index (χ3v) is 5.90. The lowest BCUT2D eigenvalue weighted by Crippen LogP contribution is -2.32. The van der Waals surface area contributed by atoms with Crippen LogP contribution in [0.25, 0.3) is 0 Å². The number of carbonyl (C=O) groups excluding carboxylic acids is 2. The van der Waals surface area contributed by atoms with Crippen LogP contribution in [0.15, 0.2) is 75.1 Å². The van der Waals surface area contributed by atoms with E-state index < -0.39 is 21.8 Å². The molecule has 0 unspecified atom stereocenters. The second kappa shape index (κ2) is 11.5. The van der Waals surface area contributed by atoms with E-state index in [9.17, 15) is 18.0 Å². The Hall–Kier alpha value is -3.67. The first-order valence-electron chi connectivity index (χ1n) is 9.98. The van der Waals surface area contributed by atoms with Gasteiger partial charge in [-0.15, -0.1) is 0 Å². The number of furan rings is 1. The lowest BCUT2D eigenvalue weighted by molar-refractivity contribution is -0.136. The van der Waals surface area contributed by atoms with Crippen molar-refractivity contribution in [2.45, 2.75) is 18.4 Å². The van der Waals surface area contributed by atoms with Crippen molar-refractivity contribution in [3.63, 3.8) is 0 Å². The molecule has 0 aliphatic rings. The molecule has 10 nitrogen and oxygen atoms in total. The van der Waals surface area contributed by atoms with Gasteiger partial charge in [-0.3, -0.25) is 9.59 Å². The zero-order valence-electron chi connectivity index (χ0n) is 17.9. The van der Waals surface area contributed by atoms with E-state index in [1.807, 2.05) is 6.92 Å². The Morgan fingerprint density at radius 1 is 1.03 bits per heavy atom. The number of rotatable bonds is 9. The molecule has 0 bridgehead atoms. The van der Waals surface area contributed by atoms with Gasteiger partial charge in [-0.05, 0) is 67.6 Å². The Labute approximate surface area is 201 Å².